The summed E-state index contributed by atoms with van der Waals surface area (Å²) in [4.78, 5) is 13.2. The van der Waals surface area contributed by atoms with Crippen LogP contribution in [0.5, 0.6) is 0 Å². The highest BCUT2D eigenvalue weighted by molar-refractivity contribution is 8.00. The van der Waals surface area contributed by atoms with Crippen molar-refractivity contribution >= 4 is 63.7 Å². The molecule has 29 heavy (non-hydrogen) atoms. The van der Waals surface area contributed by atoms with Crippen LogP contribution in [-0.4, -0.2) is 16.8 Å². The third-order valence-corrected chi connectivity index (χ3v) is 5.45. The highest BCUT2D eigenvalue weighted by atomic mass is 35.5. The van der Waals surface area contributed by atoms with Gasteiger partial charge in [0, 0.05) is 16.3 Å². The summed E-state index contributed by atoms with van der Waals surface area (Å²) < 4.78 is 0. The molecule has 1 amide bonds. The molecule has 7 heteroatoms. The van der Waals surface area contributed by atoms with Crippen molar-refractivity contribution in [3.8, 4) is 0 Å². The van der Waals surface area contributed by atoms with Gasteiger partial charge in [0.2, 0.25) is 5.91 Å². The van der Waals surface area contributed by atoms with Gasteiger partial charge in [-0.15, -0.1) is 11.8 Å². The summed E-state index contributed by atoms with van der Waals surface area (Å²) in [7, 11) is 0. The molecule has 0 aliphatic rings. The zero-order valence-electron chi connectivity index (χ0n) is 15.7. The molecule has 0 fully saturated rings. The lowest BCUT2D eigenvalue weighted by Gasteiger charge is -2.12. The van der Waals surface area contributed by atoms with E-state index in [1.54, 1.807) is 12.1 Å². The van der Waals surface area contributed by atoms with E-state index in [4.69, 9.17) is 23.8 Å². The van der Waals surface area contributed by atoms with E-state index in [1.807, 2.05) is 67.6 Å². The van der Waals surface area contributed by atoms with Gasteiger partial charge in [-0.25, -0.2) is 0 Å². The van der Waals surface area contributed by atoms with Gasteiger partial charge >= 0.3 is 0 Å². The number of carbonyl (C=O) groups is 1. The highest BCUT2D eigenvalue weighted by Crippen LogP contribution is 2.24. The van der Waals surface area contributed by atoms with Gasteiger partial charge in [0.05, 0.1) is 16.5 Å². The number of amides is 1. The fourth-order valence-corrected chi connectivity index (χ4v) is 3.67. The number of rotatable bonds is 6. The summed E-state index contributed by atoms with van der Waals surface area (Å²) in [5.41, 5.74) is 3.58. The van der Waals surface area contributed by atoms with Crippen LogP contribution >= 0.6 is 35.6 Å². The Morgan fingerprint density at radius 3 is 2.41 bits per heavy atom. The molecule has 0 aliphatic carbocycles. The first-order valence-corrected chi connectivity index (χ1v) is 10.7. The van der Waals surface area contributed by atoms with Gasteiger partial charge in [0.25, 0.3) is 0 Å². The summed E-state index contributed by atoms with van der Waals surface area (Å²) in [6, 6.07) is 22.9. The number of anilines is 3. The second-order valence-electron chi connectivity index (χ2n) is 6.29. The largest absolute Gasteiger partial charge is 0.332 e. The minimum atomic E-state index is -0.113. The molecule has 3 rings (SSSR count). The molecular weight excluding hydrogens is 422 g/mol. The Hall–Kier alpha value is -2.54. The van der Waals surface area contributed by atoms with Crippen LogP contribution in [0, 0.1) is 6.92 Å². The van der Waals surface area contributed by atoms with E-state index < -0.39 is 0 Å². The second-order valence-corrected chi connectivity index (χ2v) is 8.15. The van der Waals surface area contributed by atoms with Gasteiger partial charge in [-0.1, -0.05) is 47.5 Å². The summed E-state index contributed by atoms with van der Waals surface area (Å²) in [6.45, 7) is 2.04. The monoisotopic (exact) mass is 441 g/mol. The quantitative estimate of drug-likeness (QED) is 0.314. The standard InChI is InChI=1S/C22H20ClN3OS2/c1-15-9-11-16(12-10-15)24-22(28)25-17-5-4-6-18(13-17)29-14-21(27)26-20-8-3-2-7-19(20)23/h2-13H,14H2,1H3,(H,26,27)(H2,24,25,28). The molecule has 3 aromatic rings. The average molecular weight is 442 g/mol. The van der Waals surface area contributed by atoms with Crippen molar-refractivity contribution in [1.82, 2.24) is 0 Å². The first-order chi connectivity index (χ1) is 14.0. The number of nitrogens with one attached hydrogen (secondary N) is 3. The number of thioether (sulfide) groups is 1. The normalized spacial score (nSPS) is 10.3. The third kappa shape index (κ3) is 6.78. The Kier molecular flexibility index (Phi) is 7.52. The maximum Gasteiger partial charge on any atom is 0.234 e. The van der Waals surface area contributed by atoms with Crippen molar-refractivity contribution in [3.63, 3.8) is 0 Å². The maximum absolute atomic E-state index is 12.2. The molecule has 0 spiro atoms. The molecule has 0 heterocycles. The molecule has 148 valence electrons. The van der Waals surface area contributed by atoms with Crippen molar-refractivity contribution in [2.75, 3.05) is 21.7 Å². The number of carbonyl (C=O) groups excluding carboxylic acids is 1. The van der Waals surface area contributed by atoms with Gasteiger partial charge in [0.15, 0.2) is 5.11 Å². The zero-order chi connectivity index (χ0) is 20.6. The van der Waals surface area contributed by atoms with E-state index in [2.05, 4.69) is 16.0 Å². The predicted molar refractivity (Wildman–Crippen MR) is 128 cm³/mol. The van der Waals surface area contributed by atoms with Crippen LogP contribution in [0.2, 0.25) is 5.02 Å². The minimum Gasteiger partial charge on any atom is -0.332 e. The molecule has 3 N–H and O–H groups in total. The number of benzene rings is 3. The number of para-hydroxylation sites is 1. The Labute approximate surface area is 185 Å². The van der Waals surface area contributed by atoms with E-state index >= 15 is 0 Å². The number of aryl methyl sites for hydroxylation is 1. The molecule has 0 radical (unpaired) electrons. The van der Waals surface area contributed by atoms with Crippen LogP contribution in [-0.2, 0) is 4.79 Å². The molecule has 0 saturated carbocycles. The molecular formula is C22H20ClN3OS2. The Morgan fingerprint density at radius 1 is 0.931 bits per heavy atom. The molecule has 0 atom stereocenters. The lowest BCUT2D eigenvalue weighted by Crippen LogP contribution is -2.19. The summed E-state index contributed by atoms with van der Waals surface area (Å²) >= 11 is 12.9. The fourth-order valence-electron chi connectivity index (χ4n) is 2.49. The van der Waals surface area contributed by atoms with Gasteiger partial charge in [-0.3, -0.25) is 4.79 Å². The van der Waals surface area contributed by atoms with Crippen LogP contribution < -0.4 is 16.0 Å². The van der Waals surface area contributed by atoms with Crippen LogP contribution in [0.15, 0.2) is 77.7 Å². The third-order valence-electron chi connectivity index (χ3n) is 3.92. The van der Waals surface area contributed by atoms with Gasteiger partial charge in [-0.2, -0.15) is 0 Å². The first-order valence-electron chi connectivity index (χ1n) is 8.91. The first kappa shape index (κ1) is 21.2. The highest BCUT2D eigenvalue weighted by Gasteiger charge is 2.07. The minimum absolute atomic E-state index is 0.113. The molecule has 0 saturated heterocycles. The predicted octanol–water partition coefficient (Wildman–Crippen LogP) is 6.19. The summed E-state index contributed by atoms with van der Waals surface area (Å²) in [5, 5.41) is 10.2. The topological polar surface area (TPSA) is 53.2 Å². The fraction of sp³-hybridized carbons (Fsp3) is 0.0909. The Morgan fingerprint density at radius 2 is 1.66 bits per heavy atom. The van der Waals surface area contributed by atoms with E-state index in [0.29, 0.717) is 15.8 Å². The van der Waals surface area contributed by atoms with Crippen LogP contribution in [0.25, 0.3) is 0 Å². The molecule has 0 unspecified atom stereocenters. The van der Waals surface area contributed by atoms with Crippen molar-refractivity contribution < 1.29 is 4.79 Å². The summed E-state index contributed by atoms with van der Waals surface area (Å²) in [5.74, 6) is 0.166. The average Bonchev–Trinajstić information content (AvgIpc) is 2.70. The van der Waals surface area contributed by atoms with Gasteiger partial charge in [-0.05, 0) is 61.6 Å². The zero-order valence-corrected chi connectivity index (χ0v) is 18.1. The number of halogens is 1. The van der Waals surface area contributed by atoms with Gasteiger partial charge < -0.3 is 16.0 Å². The van der Waals surface area contributed by atoms with E-state index in [-0.39, 0.29) is 11.7 Å². The van der Waals surface area contributed by atoms with E-state index in [9.17, 15) is 4.79 Å². The second kappa shape index (κ2) is 10.3. The van der Waals surface area contributed by atoms with E-state index in [1.165, 1.54) is 17.3 Å². The maximum atomic E-state index is 12.2. The molecule has 0 aliphatic heterocycles. The lowest BCUT2D eigenvalue weighted by molar-refractivity contribution is -0.113. The van der Waals surface area contributed by atoms with Crippen molar-refractivity contribution in [1.29, 1.82) is 0 Å². The van der Waals surface area contributed by atoms with Crippen LogP contribution in [0.4, 0.5) is 17.1 Å². The number of hydrogen-bond donors (Lipinski definition) is 3. The lowest BCUT2D eigenvalue weighted by atomic mass is 10.2. The van der Waals surface area contributed by atoms with Crippen molar-refractivity contribution in [2.45, 2.75) is 11.8 Å². The number of thiocarbonyl (C=S) groups is 1. The van der Waals surface area contributed by atoms with Gasteiger partial charge in [0.1, 0.15) is 0 Å². The Bertz CT molecular complexity index is 1010. The number of hydrogen-bond acceptors (Lipinski definition) is 3. The van der Waals surface area contributed by atoms with Crippen LogP contribution in [0.3, 0.4) is 0 Å². The van der Waals surface area contributed by atoms with Crippen molar-refractivity contribution in [2.24, 2.45) is 0 Å². The smallest absolute Gasteiger partial charge is 0.234 e. The van der Waals surface area contributed by atoms with E-state index in [0.717, 1.165) is 16.3 Å². The van der Waals surface area contributed by atoms with Crippen LogP contribution in [0.1, 0.15) is 5.56 Å². The molecule has 0 bridgehead atoms. The molecule has 0 aromatic heterocycles. The molecule has 3 aromatic carbocycles. The van der Waals surface area contributed by atoms with Crippen molar-refractivity contribution in [3.05, 3.63) is 83.4 Å². The molecule has 4 nitrogen and oxygen atoms in total. The Balaban J connectivity index is 1.52. The summed E-state index contributed by atoms with van der Waals surface area (Å²) in [6.07, 6.45) is 0. The SMILES string of the molecule is Cc1ccc(NC(=S)Nc2cccc(SCC(=O)Nc3ccccc3Cl)c2)cc1.